The molecule has 4 nitrogen and oxygen atoms in total. The van der Waals surface area contributed by atoms with Crippen molar-refractivity contribution in [2.75, 3.05) is 26.3 Å². The van der Waals surface area contributed by atoms with Crippen molar-refractivity contribution in [1.29, 1.82) is 0 Å². The highest BCUT2D eigenvalue weighted by molar-refractivity contribution is 5.73. The van der Waals surface area contributed by atoms with Crippen LogP contribution in [-0.2, 0) is 4.79 Å². The number of rotatable bonds is 4. The molecule has 0 radical (unpaired) electrons. The van der Waals surface area contributed by atoms with Crippen LogP contribution in [0.25, 0.3) is 0 Å². The van der Waals surface area contributed by atoms with E-state index < -0.39 is 0 Å². The summed E-state index contributed by atoms with van der Waals surface area (Å²) in [4.78, 5) is 12.0. The van der Waals surface area contributed by atoms with E-state index in [-0.39, 0.29) is 19.1 Å². The zero-order valence-corrected chi connectivity index (χ0v) is 10.1. The van der Waals surface area contributed by atoms with E-state index in [0.717, 1.165) is 0 Å². The highest BCUT2D eigenvalue weighted by Crippen LogP contribution is 1.86. The van der Waals surface area contributed by atoms with Gasteiger partial charge in [0.05, 0.1) is 13.2 Å². The predicted octanol–water partition coefficient (Wildman–Crippen LogP) is 0.872. The largest absolute Gasteiger partial charge is 0.395 e. The highest BCUT2D eigenvalue weighted by Gasteiger charge is 2.04. The average Bonchev–Trinajstić information content (AvgIpc) is 2.23. The summed E-state index contributed by atoms with van der Waals surface area (Å²) < 4.78 is 0. The lowest BCUT2D eigenvalue weighted by Gasteiger charge is -2.17. The number of aliphatic hydroxyl groups is 2. The van der Waals surface area contributed by atoms with Crippen LogP contribution in [0.2, 0.25) is 0 Å². The Kier molecular flexibility index (Phi) is 24.8. The molecule has 0 aliphatic heterocycles. The molecule has 0 fully saturated rings. The second-order valence-corrected chi connectivity index (χ2v) is 1.95. The summed E-state index contributed by atoms with van der Waals surface area (Å²) in [5.74, 6) is -0.122. The van der Waals surface area contributed by atoms with Crippen LogP contribution in [-0.4, -0.2) is 47.3 Å². The molecule has 0 aliphatic rings. The predicted molar refractivity (Wildman–Crippen MR) is 59.1 cm³/mol. The molecule has 0 aliphatic carbocycles. The second kappa shape index (κ2) is 18.2. The number of amides is 1. The fourth-order valence-corrected chi connectivity index (χ4v) is 0.668. The fraction of sp³-hybridized carbons (Fsp3) is 0.900. The van der Waals surface area contributed by atoms with Crippen molar-refractivity contribution >= 4 is 5.91 Å². The van der Waals surface area contributed by atoms with Gasteiger partial charge in [0.25, 0.3) is 0 Å². The molecule has 0 saturated carbocycles. The molecule has 0 atom stereocenters. The van der Waals surface area contributed by atoms with Gasteiger partial charge in [-0.05, 0) is 0 Å². The molecular formula is C10H25NO3. The molecular weight excluding hydrogens is 182 g/mol. The topological polar surface area (TPSA) is 60.8 Å². The van der Waals surface area contributed by atoms with Gasteiger partial charge in [0.2, 0.25) is 5.91 Å². The summed E-state index contributed by atoms with van der Waals surface area (Å²) in [6.45, 7) is 9.90. The molecule has 0 spiro atoms. The van der Waals surface area contributed by atoms with Crippen LogP contribution in [0.1, 0.15) is 34.6 Å². The van der Waals surface area contributed by atoms with Crippen LogP contribution in [0.5, 0.6) is 0 Å². The minimum atomic E-state index is -0.122. The molecule has 0 aromatic rings. The standard InChI is InChI=1S/C6H13NO3.2C2H6/c1-6(10)7(2-4-8)3-5-9;2*1-2/h8-9H,2-5H2,1H3;2*1-2H3. The Morgan fingerprint density at radius 2 is 1.29 bits per heavy atom. The normalized spacial score (nSPS) is 7.64. The minimum absolute atomic E-state index is 0.0560. The maximum absolute atomic E-state index is 10.6. The molecule has 0 rings (SSSR count). The van der Waals surface area contributed by atoms with Crippen LogP contribution in [0.4, 0.5) is 0 Å². The lowest BCUT2D eigenvalue weighted by atomic mass is 10.4. The Morgan fingerprint density at radius 3 is 1.43 bits per heavy atom. The third-order valence-corrected chi connectivity index (χ3v) is 1.19. The zero-order valence-electron chi connectivity index (χ0n) is 10.1. The van der Waals surface area contributed by atoms with E-state index in [4.69, 9.17) is 10.2 Å². The Hall–Kier alpha value is -0.610. The number of carbonyl (C=O) groups excluding carboxylic acids is 1. The van der Waals surface area contributed by atoms with Gasteiger partial charge in [-0.2, -0.15) is 0 Å². The molecule has 0 heterocycles. The number of carbonyl (C=O) groups is 1. The van der Waals surface area contributed by atoms with E-state index in [1.165, 1.54) is 11.8 Å². The van der Waals surface area contributed by atoms with Gasteiger partial charge in [-0.25, -0.2) is 0 Å². The third-order valence-electron chi connectivity index (χ3n) is 1.19. The monoisotopic (exact) mass is 207 g/mol. The summed E-state index contributed by atoms with van der Waals surface area (Å²) >= 11 is 0. The molecule has 0 aromatic heterocycles. The highest BCUT2D eigenvalue weighted by atomic mass is 16.3. The van der Waals surface area contributed by atoms with E-state index in [1.807, 2.05) is 27.7 Å². The van der Waals surface area contributed by atoms with Crippen LogP contribution >= 0.6 is 0 Å². The molecule has 0 aromatic carbocycles. The Morgan fingerprint density at radius 1 is 1.00 bits per heavy atom. The van der Waals surface area contributed by atoms with Gasteiger partial charge >= 0.3 is 0 Å². The van der Waals surface area contributed by atoms with E-state index >= 15 is 0 Å². The van der Waals surface area contributed by atoms with Crippen molar-refractivity contribution in [3.8, 4) is 0 Å². The first-order valence-corrected chi connectivity index (χ1v) is 5.19. The van der Waals surface area contributed by atoms with Crippen molar-refractivity contribution in [2.24, 2.45) is 0 Å². The third kappa shape index (κ3) is 13.9. The Bertz CT molecular complexity index is 102. The van der Waals surface area contributed by atoms with Crippen molar-refractivity contribution in [3.05, 3.63) is 0 Å². The molecule has 2 N–H and O–H groups in total. The van der Waals surface area contributed by atoms with Gasteiger partial charge in [0.15, 0.2) is 0 Å². The van der Waals surface area contributed by atoms with Gasteiger partial charge in [0.1, 0.15) is 0 Å². The lowest BCUT2D eigenvalue weighted by molar-refractivity contribution is -0.129. The van der Waals surface area contributed by atoms with Crippen LogP contribution in [0.3, 0.4) is 0 Å². The fourth-order valence-electron chi connectivity index (χ4n) is 0.668. The summed E-state index contributed by atoms with van der Waals surface area (Å²) in [6.07, 6.45) is 0. The van der Waals surface area contributed by atoms with Gasteiger partial charge in [0, 0.05) is 20.0 Å². The first kappa shape index (κ1) is 19.0. The molecule has 4 heteroatoms. The van der Waals surface area contributed by atoms with Crippen LogP contribution in [0.15, 0.2) is 0 Å². The van der Waals surface area contributed by atoms with E-state index in [2.05, 4.69) is 0 Å². The minimum Gasteiger partial charge on any atom is -0.395 e. The van der Waals surface area contributed by atoms with Gasteiger partial charge in [-0.1, -0.05) is 27.7 Å². The maximum Gasteiger partial charge on any atom is 0.219 e. The smallest absolute Gasteiger partial charge is 0.219 e. The number of nitrogens with zero attached hydrogens (tertiary/aromatic N) is 1. The van der Waals surface area contributed by atoms with Crippen molar-refractivity contribution in [1.82, 2.24) is 4.90 Å². The summed E-state index contributed by atoms with van der Waals surface area (Å²) in [5.41, 5.74) is 0. The summed E-state index contributed by atoms with van der Waals surface area (Å²) in [6, 6.07) is 0. The number of hydrogen-bond acceptors (Lipinski definition) is 3. The van der Waals surface area contributed by atoms with Gasteiger partial charge in [-0.3, -0.25) is 4.79 Å². The molecule has 1 amide bonds. The van der Waals surface area contributed by atoms with E-state index in [1.54, 1.807) is 0 Å². The molecule has 0 bridgehead atoms. The lowest BCUT2D eigenvalue weighted by Crippen LogP contribution is -2.33. The first-order valence-electron chi connectivity index (χ1n) is 5.19. The summed E-state index contributed by atoms with van der Waals surface area (Å²) in [7, 11) is 0. The summed E-state index contributed by atoms with van der Waals surface area (Å²) in [5, 5.41) is 16.9. The molecule has 14 heavy (non-hydrogen) atoms. The van der Waals surface area contributed by atoms with Crippen molar-refractivity contribution in [3.63, 3.8) is 0 Å². The van der Waals surface area contributed by atoms with E-state index in [0.29, 0.717) is 13.1 Å². The van der Waals surface area contributed by atoms with E-state index in [9.17, 15) is 4.79 Å². The second-order valence-electron chi connectivity index (χ2n) is 1.95. The Balaban J connectivity index is -0.000000266. The van der Waals surface area contributed by atoms with Crippen LogP contribution < -0.4 is 0 Å². The average molecular weight is 207 g/mol. The van der Waals surface area contributed by atoms with Gasteiger partial charge in [-0.15, -0.1) is 0 Å². The molecule has 0 saturated heterocycles. The van der Waals surface area contributed by atoms with Crippen molar-refractivity contribution < 1.29 is 15.0 Å². The SMILES string of the molecule is CC.CC.CC(=O)N(CCO)CCO. The molecule has 88 valence electrons. The van der Waals surface area contributed by atoms with Crippen molar-refractivity contribution in [2.45, 2.75) is 34.6 Å². The molecule has 0 unspecified atom stereocenters. The number of hydrogen-bond donors (Lipinski definition) is 2. The van der Waals surface area contributed by atoms with Gasteiger partial charge < -0.3 is 15.1 Å². The Labute approximate surface area is 87.5 Å². The first-order chi connectivity index (χ1) is 6.72. The number of aliphatic hydroxyl groups excluding tert-OH is 2. The maximum atomic E-state index is 10.6. The zero-order chi connectivity index (χ0) is 12.0. The van der Waals surface area contributed by atoms with Crippen LogP contribution in [0, 0.1) is 0 Å². The quantitative estimate of drug-likeness (QED) is 0.719.